The summed E-state index contributed by atoms with van der Waals surface area (Å²) in [5.41, 5.74) is 2.45. The van der Waals surface area contributed by atoms with Gasteiger partial charge in [-0.15, -0.1) is 0 Å². The third-order valence-corrected chi connectivity index (χ3v) is 4.66. The molecule has 0 radical (unpaired) electrons. The second kappa shape index (κ2) is 6.17. The van der Waals surface area contributed by atoms with Crippen molar-refractivity contribution in [3.05, 3.63) is 35.4 Å². The minimum absolute atomic E-state index is 0.184. The Hall–Kier alpha value is -0.870. The van der Waals surface area contributed by atoms with Crippen LogP contribution in [0.2, 0.25) is 0 Å². The van der Waals surface area contributed by atoms with Gasteiger partial charge in [0, 0.05) is 18.3 Å². The van der Waals surface area contributed by atoms with Gasteiger partial charge in [-0.1, -0.05) is 31.2 Å². The Kier molecular flexibility index (Phi) is 5.15. The molecule has 17 heavy (non-hydrogen) atoms. The van der Waals surface area contributed by atoms with Crippen molar-refractivity contribution in [2.75, 3.05) is 18.1 Å². The molecule has 0 spiro atoms. The monoisotopic (exact) mass is 255 g/mol. The highest BCUT2D eigenvalue weighted by atomic mass is 32.2. The van der Waals surface area contributed by atoms with Gasteiger partial charge in [0.25, 0.3) is 0 Å². The minimum atomic E-state index is -2.87. The van der Waals surface area contributed by atoms with E-state index in [1.54, 1.807) is 6.92 Å². The molecule has 0 saturated heterocycles. The molecule has 1 N–H and O–H groups in total. The fourth-order valence-corrected chi connectivity index (χ4v) is 2.48. The Bertz CT molecular complexity index is 454. The molecule has 0 heterocycles. The summed E-state index contributed by atoms with van der Waals surface area (Å²) < 4.78 is 22.7. The van der Waals surface area contributed by atoms with Gasteiger partial charge in [-0.25, -0.2) is 8.42 Å². The van der Waals surface area contributed by atoms with Crippen molar-refractivity contribution in [3.8, 4) is 0 Å². The van der Waals surface area contributed by atoms with Crippen LogP contribution in [0.25, 0.3) is 0 Å². The average molecular weight is 255 g/mol. The number of benzene rings is 1. The zero-order valence-corrected chi connectivity index (χ0v) is 11.5. The number of aryl methyl sites for hydroxylation is 1. The van der Waals surface area contributed by atoms with E-state index in [2.05, 4.69) is 31.3 Å². The Labute approximate surface area is 104 Å². The van der Waals surface area contributed by atoms with E-state index in [0.717, 1.165) is 0 Å². The maximum Gasteiger partial charge on any atom is 0.151 e. The van der Waals surface area contributed by atoms with Crippen molar-refractivity contribution in [2.24, 2.45) is 0 Å². The Morgan fingerprint density at radius 3 is 2.53 bits per heavy atom. The quantitative estimate of drug-likeness (QED) is 0.846. The first-order valence-corrected chi connectivity index (χ1v) is 7.77. The highest BCUT2D eigenvalue weighted by molar-refractivity contribution is 7.91. The predicted molar refractivity (Wildman–Crippen MR) is 71.9 cm³/mol. The molecule has 96 valence electrons. The van der Waals surface area contributed by atoms with Gasteiger partial charge in [-0.05, 0) is 25.0 Å². The van der Waals surface area contributed by atoms with Crippen molar-refractivity contribution < 1.29 is 8.42 Å². The van der Waals surface area contributed by atoms with Crippen LogP contribution in [0.4, 0.5) is 0 Å². The minimum Gasteiger partial charge on any atom is -0.309 e. The first-order chi connectivity index (χ1) is 7.96. The topological polar surface area (TPSA) is 46.2 Å². The van der Waals surface area contributed by atoms with Crippen molar-refractivity contribution >= 4 is 9.84 Å². The first kappa shape index (κ1) is 14.2. The molecule has 0 saturated carbocycles. The molecule has 1 rings (SSSR count). The largest absolute Gasteiger partial charge is 0.309 e. The molecule has 0 bridgehead atoms. The van der Waals surface area contributed by atoms with E-state index in [-0.39, 0.29) is 17.5 Å². The number of hydrogen-bond acceptors (Lipinski definition) is 3. The summed E-state index contributed by atoms with van der Waals surface area (Å²) in [6.45, 7) is 6.31. The molecule has 0 aliphatic carbocycles. The highest BCUT2D eigenvalue weighted by Gasteiger charge is 2.10. The molecule has 0 aromatic heterocycles. The van der Waals surface area contributed by atoms with Gasteiger partial charge in [-0.2, -0.15) is 0 Å². The molecular weight excluding hydrogens is 234 g/mol. The van der Waals surface area contributed by atoms with Gasteiger partial charge in [0.2, 0.25) is 0 Å². The smallest absolute Gasteiger partial charge is 0.151 e. The molecule has 3 nitrogen and oxygen atoms in total. The molecule has 1 atom stereocenters. The van der Waals surface area contributed by atoms with Crippen LogP contribution in [0.3, 0.4) is 0 Å². The van der Waals surface area contributed by atoms with Crippen LogP contribution in [-0.4, -0.2) is 26.5 Å². The summed E-state index contributed by atoms with van der Waals surface area (Å²) >= 11 is 0. The first-order valence-electron chi connectivity index (χ1n) is 5.95. The molecule has 0 amide bonds. The number of hydrogen-bond donors (Lipinski definition) is 1. The number of rotatable bonds is 6. The van der Waals surface area contributed by atoms with Gasteiger partial charge in [0.15, 0.2) is 9.84 Å². The molecule has 0 fully saturated rings. The van der Waals surface area contributed by atoms with Crippen molar-refractivity contribution in [2.45, 2.75) is 26.8 Å². The lowest BCUT2D eigenvalue weighted by Gasteiger charge is -2.16. The second-order valence-corrected chi connectivity index (χ2v) is 6.74. The average Bonchev–Trinajstić information content (AvgIpc) is 2.29. The summed E-state index contributed by atoms with van der Waals surface area (Å²) in [6.07, 6.45) is 0. The van der Waals surface area contributed by atoms with Crippen LogP contribution in [0.5, 0.6) is 0 Å². The molecule has 0 aliphatic heterocycles. The molecule has 0 aliphatic rings. The fourth-order valence-electron chi connectivity index (χ4n) is 1.76. The van der Waals surface area contributed by atoms with E-state index in [9.17, 15) is 8.42 Å². The summed E-state index contributed by atoms with van der Waals surface area (Å²) in [7, 11) is -2.87. The Balaban J connectivity index is 2.51. The standard InChI is InChI=1S/C13H21NO2S/c1-4-17(15,16)10-9-14-12(3)13-8-6-5-7-11(13)2/h5-8,12,14H,4,9-10H2,1-3H3. The lowest BCUT2D eigenvalue weighted by atomic mass is 10.0. The van der Waals surface area contributed by atoms with E-state index in [4.69, 9.17) is 0 Å². The van der Waals surface area contributed by atoms with Crippen LogP contribution in [0, 0.1) is 6.92 Å². The molecule has 1 aromatic carbocycles. The zero-order valence-electron chi connectivity index (χ0n) is 10.7. The number of nitrogens with one attached hydrogen (secondary N) is 1. The van der Waals surface area contributed by atoms with E-state index >= 15 is 0 Å². The van der Waals surface area contributed by atoms with Crippen LogP contribution < -0.4 is 5.32 Å². The van der Waals surface area contributed by atoms with Crippen LogP contribution >= 0.6 is 0 Å². The van der Waals surface area contributed by atoms with E-state index in [1.165, 1.54) is 11.1 Å². The summed E-state index contributed by atoms with van der Waals surface area (Å²) in [4.78, 5) is 0. The maximum atomic E-state index is 11.3. The van der Waals surface area contributed by atoms with Gasteiger partial charge in [0.05, 0.1) is 5.75 Å². The zero-order chi connectivity index (χ0) is 12.9. The Morgan fingerprint density at radius 2 is 1.94 bits per heavy atom. The van der Waals surface area contributed by atoms with Gasteiger partial charge in [0.1, 0.15) is 0 Å². The van der Waals surface area contributed by atoms with Crippen molar-refractivity contribution in [1.82, 2.24) is 5.32 Å². The van der Waals surface area contributed by atoms with Gasteiger partial charge < -0.3 is 5.32 Å². The third kappa shape index (κ3) is 4.48. The normalized spacial score (nSPS) is 13.6. The predicted octanol–water partition coefficient (Wildman–Crippen LogP) is 2.08. The molecule has 4 heteroatoms. The van der Waals surface area contributed by atoms with Crippen molar-refractivity contribution in [1.29, 1.82) is 0 Å². The number of sulfone groups is 1. The van der Waals surface area contributed by atoms with E-state index in [0.29, 0.717) is 6.54 Å². The van der Waals surface area contributed by atoms with Crippen molar-refractivity contribution in [3.63, 3.8) is 0 Å². The van der Waals surface area contributed by atoms with E-state index in [1.807, 2.05) is 12.1 Å². The second-order valence-electron chi connectivity index (χ2n) is 4.27. The lowest BCUT2D eigenvalue weighted by Crippen LogP contribution is -2.26. The maximum absolute atomic E-state index is 11.3. The van der Waals surface area contributed by atoms with Crippen LogP contribution in [0.15, 0.2) is 24.3 Å². The van der Waals surface area contributed by atoms with Crippen LogP contribution in [-0.2, 0) is 9.84 Å². The third-order valence-electron chi connectivity index (χ3n) is 2.96. The van der Waals surface area contributed by atoms with Gasteiger partial charge >= 0.3 is 0 Å². The Morgan fingerprint density at radius 1 is 1.29 bits per heavy atom. The highest BCUT2D eigenvalue weighted by Crippen LogP contribution is 2.16. The molecule has 1 aromatic rings. The fraction of sp³-hybridized carbons (Fsp3) is 0.538. The molecule has 1 unspecified atom stereocenters. The molecular formula is C13H21NO2S. The van der Waals surface area contributed by atoms with E-state index < -0.39 is 9.84 Å². The summed E-state index contributed by atoms with van der Waals surface area (Å²) in [5, 5.41) is 3.25. The van der Waals surface area contributed by atoms with Gasteiger partial charge in [-0.3, -0.25) is 0 Å². The summed E-state index contributed by atoms with van der Waals surface area (Å²) in [5.74, 6) is 0.424. The SMILES string of the molecule is CCS(=O)(=O)CCNC(C)c1ccccc1C. The lowest BCUT2D eigenvalue weighted by molar-refractivity contribution is 0.572. The summed E-state index contributed by atoms with van der Waals surface area (Å²) in [6, 6.07) is 8.33. The van der Waals surface area contributed by atoms with Crippen LogP contribution in [0.1, 0.15) is 31.0 Å².